The summed E-state index contributed by atoms with van der Waals surface area (Å²) < 4.78 is 1.78. The number of rotatable bonds is 3. The van der Waals surface area contributed by atoms with Gasteiger partial charge in [-0.1, -0.05) is 26.2 Å². The van der Waals surface area contributed by atoms with Gasteiger partial charge in [-0.15, -0.1) is 0 Å². The molecule has 0 saturated heterocycles. The van der Waals surface area contributed by atoms with Crippen LogP contribution in [-0.2, 0) is 7.05 Å². The Kier molecular flexibility index (Phi) is 3.12. The predicted octanol–water partition coefficient (Wildman–Crippen LogP) is 2.75. The Bertz CT molecular complexity index is 568. The van der Waals surface area contributed by atoms with E-state index in [-0.39, 0.29) is 0 Å². The van der Waals surface area contributed by atoms with Crippen LogP contribution < -0.4 is 5.32 Å². The van der Waals surface area contributed by atoms with Gasteiger partial charge in [-0.3, -0.25) is 4.68 Å². The average molecular weight is 259 g/mol. The Balaban J connectivity index is 1.78. The van der Waals surface area contributed by atoms with E-state index in [1.54, 1.807) is 11.0 Å². The fraction of sp³-hybridized carbons (Fsp3) is 0.643. The van der Waals surface area contributed by atoms with Gasteiger partial charge in [0.15, 0.2) is 5.65 Å². The molecule has 3 rings (SSSR count). The van der Waals surface area contributed by atoms with Crippen LogP contribution in [0.15, 0.2) is 12.5 Å². The van der Waals surface area contributed by atoms with Crippen LogP contribution in [-0.4, -0.2) is 26.3 Å². The lowest BCUT2D eigenvalue weighted by Gasteiger charge is -2.33. The number of aryl methyl sites for hydroxylation is 1. The summed E-state index contributed by atoms with van der Waals surface area (Å²) in [5.41, 5.74) is 1.28. The first-order chi connectivity index (χ1) is 9.18. The van der Waals surface area contributed by atoms with Crippen LogP contribution in [0.5, 0.6) is 0 Å². The van der Waals surface area contributed by atoms with Gasteiger partial charge in [0, 0.05) is 13.6 Å². The second kappa shape index (κ2) is 4.79. The number of hydrogen-bond donors (Lipinski definition) is 1. The van der Waals surface area contributed by atoms with Gasteiger partial charge in [0.2, 0.25) is 0 Å². The highest BCUT2D eigenvalue weighted by Gasteiger charge is 2.26. The monoisotopic (exact) mass is 259 g/mol. The average Bonchev–Trinajstić information content (AvgIpc) is 2.80. The zero-order chi connectivity index (χ0) is 13.3. The normalized spacial score (nSPS) is 18.6. The number of nitrogens with one attached hydrogen (secondary N) is 1. The fourth-order valence-corrected chi connectivity index (χ4v) is 2.98. The predicted molar refractivity (Wildman–Crippen MR) is 76.0 cm³/mol. The van der Waals surface area contributed by atoms with Crippen LogP contribution in [0.1, 0.15) is 39.0 Å². The Hall–Kier alpha value is -1.65. The second-order valence-corrected chi connectivity index (χ2v) is 5.95. The molecule has 0 amide bonds. The van der Waals surface area contributed by atoms with E-state index in [1.807, 2.05) is 13.2 Å². The molecule has 2 aromatic heterocycles. The van der Waals surface area contributed by atoms with Crippen molar-refractivity contribution in [2.75, 3.05) is 11.9 Å². The molecule has 1 saturated carbocycles. The van der Waals surface area contributed by atoms with Gasteiger partial charge in [0.05, 0.1) is 11.6 Å². The van der Waals surface area contributed by atoms with Crippen molar-refractivity contribution in [1.29, 1.82) is 0 Å². The topological polar surface area (TPSA) is 55.6 Å². The molecule has 0 atom stereocenters. The fourth-order valence-electron chi connectivity index (χ4n) is 2.98. The van der Waals surface area contributed by atoms with E-state index in [2.05, 4.69) is 27.3 Å². The van der Waals surface area contributed by atoms with Gasteiger partial charge in [-0.25, -0.2) is 9.97 Å². The minimum atomic E-state index is 0.401. The summed E-state index contributed by atoms with van der Waals surface area (Å²) in [5.74, 6) is 0.907. The molecule has 2 aromatic rings. The van der Waals surface area contributed by atoms with E-state index in [1.165, 1.54) is 32.1 Å². The maximum Gasteiger partial charge on any atom is 0.163 e. The van der Waals surface area contributed by atoms with Crippen molar-refractivity contribution in [3.63, 3.8) is 0 Å². The molecule has 5 heteroatoms. The van der Waals surface area contributed by atoms with Crippen LogP contribution in [0.2, 0.25) is 0 Å². The van der Waals surface area contributed by atoms with E-state index >= 15 is 0 Å². The highest BCUT2D eigenvalue weighted by Crippen LogP contribution is 2.36. The molecular formula is C14H21N5. The number of aromatic nitrogens is 4. The van der Waals surface area contributed by atoms with Gasteiger partial charge in [-0.2, -0.15) is 5.10 Å². The first-order valence-corrected chi connectivity index (χ1v) is 7.05. The van der Waals surface area contributed by atoms with Crippen LogP contribution in [0.3, 0.4) is 0 Å². The van der Waals surface area contributed by atoms with Crippen molar-refractivity contribution in [2.45, 2.75) is 39.0 Å². The molecule has 0 unspecified atom stereocenters. The van der Waals surface area contributed by atoms with Crippen molar-refractivity contribution in [3.05, 3.63) is 12.5 Å². The van der Waals surface area contributed by atoms with Crippen LogP contribution in [0.25, 0.3) is 11.0 Å². The molecule has 1 N–H and O–H groups in total. The molecule has 0 bridgehead atoms. The van der Waals surface area contributed by atoms with E-state index in [9.17, 15) is 0 Å². The Morgan fingerprint density at radius 3 is 2.84 bits per heavy atom. The van der Waals surface area contributed by atoms with Crippen molar-refractivity contribution < 1.29 is 0 Å². The number of nitrogens with zero attached hydrogens (tertiary/aromatic N) is 4. The summed E-state index contributed by atoms with van der Waals surface area (Å²) in [7, 11) is 1.90. The summed E-state index contributed by atoms with van der Waals surface area (Å²) in [6.07, 6.45) is 10.1. The van der Waals surface area contributed by atoms with Gasteiger partial charge in [0.25, 0.3) is 0 Å². The second-order valence-electron chi connectivity index (χ2n) is 5.95. The lowest BCUT2D eigenvalue weighted by Crippen LogP contribution is -2.29. The summed E-state index contributed by atoms with van der Waals surface area (Å²) in [6, 6.07) is 0. The van der Waals surface area contributed by atoms with Crippen LogP contribution in [0, 0.1) is 5.41 Å². The molecular weight excluding hydrogens is 238 g/mol. The van der Waals surface area contributed by atoms with E-state index in [0.29, 0.717) is 5.41 Å². The number of fused-ring (bicyclic) bond motifs is 1. The Morgan fingerprint density at radius 1 is 1.26 bits per heavy atom. The van der Waals surface area contributed by atoms with Crippen molar-refractivity contribution in [1.82, 2.24) is 19.7 Å². The van der Waals surface area contributed by atoms with Crippen molar-refractivity contribution >= 4 is 16.9 Å². The van der Waals surface area contributed by atoms with E-state index in [0.717, 1.165) is 23.4 Å². The largest absolute Gasteiger partial charge is 0.369 e. The summed E-state index contributed by atoms with van der Waals surface area (Å²) in [5, 5.41) is 8.75. The molecule has 19 heavy (non-hydrogen) atoms. The first-order valence-electron chi connectivity index (χ1n) is 7.05. The third kappa shape index (κ3) is 2.41. The molecule has 1 aliphatic rings. The standard InChI is InChI=1S/C14H21N5/c1-14(6-4-3-5-7-14)9-15-12-11-8-18-19(2)13(11)17-10-16-12/h8,10H,3-7,9H2,1-2H3,(H,15,16,17). The minimum Gasteiger partial charge on any atom is -0.369 e. The SMILES string of the molecule is Cn1ncc2c(NCC3(C)CCCCC3)ncnc21. The summed E-state index contributed by atoms with van der Waals surface area (Å²) in [4.78, 5) is 8.62. The maximum atomic E-state index is 4.36. The highest BCUT2D eigenvalue weighted by molar-refractivity contribution is 5.85. The van der Waals surface area contributed by atoms with Crippen LogP contribution in [0.4, 0.5) is 5.82 Å². The molecule has 5 nitrogen and oxygen atoms in total. The number of anilines is 1. The van der Waals surface area contributed by atoms with Gasteiger partial charge in [-0.05, 0) is 18.3 Å². The summed E-state index contributed by atoms with van der Waals surface area (Å²) >= 11 is 0. The smallest absolute Gasteiger partial charge is 0.163 e. The lowest BCUT2D eigenvalue weighted by molar-refractivity contribution is 0.233. The van der Waals surface area contributed by atoms with Gasteiger partial charge < -0.3 is 5.32 Å². The zero-order valence-electron chi connectivity index (χ0n) is 11.7. The number of hydrogen-bond acceptors (Lipinski definition) is 4. The quantitative estimate of drug-likeness (QED) is 0.921. The Morgan fingerprint density at radius 2 is 2.05 bits per heavy atom. The van der Waals surface area contributed by atoms with Crippen molar-refractivity contribution in [3.8, 4) is 0 Å². The highest BCUT2D eigenvalue weighted by atomic mass is 15.3. The third-order valence-corrected chi connectivity index (χ3v) is 4.27. The lowest BCUT2D eigenvalue weighted by atomic mass is 9.76. The van der Waals surface area contributed by atoms with E-state index in [4.69, 9.17) is 0 Å². The van der Waals surface area contributed by atoms with Gasteiger partial charge in [0.1, 0.15) is 12.1 Å². The molecule has 102 valence electrons. The molecule has 0 radical (unpaired) electrons. The first kappa shape index (κ1) is 12.4. The van der Waals surface area contributed by atoms with Crippen molar-refractivity contribution in [2.24, 2.45) is 12.5 Å². The molecule has 1 fully saturated rings. The maximum absolute atomic E-state index is 4.36. The zero-order valence-corrected chi connectivity index (χ0v) is 11.7. The molecule has 0 aliphatic heterocycles. The molecule has 1 aliphatic carbocycles. The minimum absolute atomic E-state index is 0.401. The third-order valence-electron chi connectivity index (χ3n) is 4.27. The molecule has 2 heterocycles. The summed E-state index contributed by atoms with van der Waals surface area (Å²) in [6.45, 7) is 3.36. The molecule has 0 spiro atoms. The van der Waals surface area contributed by atoms with E-state index < -0.39 is 0 Å². The van der Waals surface area contributed by atoms with Crippen LogP contribution >= 0.6 is 0 Å². The Labute approximate surface area is 113 Å². The molecule has 0 aromatic carbocycles. The van der Waals surface area contributed by atoms with Gasteiger partial charge >= 0.3 is 0 Å².